The Morgan fingerprint density at radius 1 is 0.562 bits per heavy atom. The zero-order chi connectivity index (χ0) is 35.0. The maximum Gasteiger partial charge on any atom is 0.407 e. The van der Waals surface area contributed by atoms with Gasteiger partial charge in [0.25, 0.3) is 0 Å². The number of nitrogens with one attached hydrogen (secondary N) is 1. The second-order valence-electron chi connectivity index (χ2n) is 14.3. The Balaban J connectivity index is 0. The number of carbonyl (C=O) groups is 1. The van der Waals surface area contributed by atoms with Crippen LogP contribution >= 0.6 is 0 Å². The van der Waals surface area contributed by atoms with Gasteiger partial charge in [0.05, 0.1) is 6.61 Å². The number of unbranched alkanes of at least 4 members (excludes halogenated alkanes) is 18. The van der Waals surface area contributed by atoms with Gasteiger partial charge >= 0.3 is 6.09 Å². The molecule has 0 saturated carbocycles. The first-order chi connectivity index (χ1) is 23.6. The van der Waals surface area contributed by atoms with Crippen molar-refractivity contribution in [3.8, 4) is 0 Å². The van der Waals surface area contributed by atoms with Gasteiger partial charge in [-0.2, -0.15) is 0 Å². The first-order valence-electron chi connectivity index (χ1n) is 20.7. The quantitative estimate of drug-likeness (QED) is 0.0532. The van der Waals surface area contributed by atoms with E-state index in [0.29, 0.717) is 12.5 Å². The van der Waals surface area contributed by atoms with Crippen molar-refractivity contribution in [3.63, 3.8) is 0 Å². The van der Waals surface area contributed by atoms with Crippen LogP contribution in [0.1, 0.15) is 189 Å². The van der Waals surface area contributed by atoms with Gasteiger partial charge in [-0.15, -0.1) is 0 Å². The molecular formula is C44H84N2O2. The van der Waals surface area contributed by atoms with Gasteiger partial charge in [-0.05, 0) is 103 Å². The molecule has 0 fully saturated rings. The van der Waals surface area contributed by atoms with Gasteiger partial charge in [0.15, 0.2) is 0 Å². The van der Waals surface area contributed by atoms with Gasteiger partial charge in [-0.1, -0.05) is 152 Å². The predicted molar refractivity (Wildman–Crippen MR) is 216 cm³/mol. The fourth-order valence-corrected chi connectivity index (χ4v) is 6.02. The Kier molecular flexibility index (Phi) is 38.1. The van der Waals surface area contributed by atoms with E-state index < -0.39 is 0 Å². The molecule has 4 nitrogen and oxygen atoms in total. The zero-order valence-corrected chi connectivity index (χ0v) is 32.7. The zero-order valence-electron chi connectivity index (χ0n) is 32.7. The van der Waals surface area contributed by atoms with Crippen molar-refractivity contribution in [2.24, 2.45) is 5.92 Å². The maximum absolute atomic E-state index is 12.3. The monoisotopic (exact) mass is 673 g/mol. The molecule has 282 valence electrons. The molecule has 0 unspecified atom stereocenters. The number of nitrogens with zero attached hydrogens (tertiary/aromatic N) is 1. The lowest BCUT2D eigenvalue weighted by molar-refractivity contribution is 0.139. The molecular weight excluding hydrogens is 588 g/mol. The average molecular weight is 673 g/mol. The Bertz CT molecular complexity index is 729. The number of hydrogen-bond donors (Lipinski definition) is 1. The van der Waals surface area contributed by atoms with Crippen LogP contribution in [-0.4, -0.2) is 44.8 Å². The van der Waals surface area contributed by atoms with Crippen LogP contribution in [0.25, 0.3) is 0 Å². The van der Waals surface area contributed by atoms with E-state index in [1.165, 1.54) is 154 Å². The topological polar surface area (TPSA) is 41.6 Å². The summed E-state index contributed by atoms with van der Waals surface area (Å²) in [5, 5.41) is 3.08. The summed E-state index contributed by atoms with van der Waals surface area (Å²) < 4.78 is 5.42. The molecule has 0 aromatic carbocycles. The summed E-state index contributed by atoms with van der Waals surface area (Å²) >= 11 is 0. The fourth-order valence-electron chi connectivity index (χ4n) is 6.02. The number of hydrogen-bond acceptors (Lipinski definition) is 3. The van der Waals surface area contributed by atoms with E-state index in [0.717, 1.165) is 32.4 Å². The molecule has 4 heteroatoms. The van der Waals surface area contributed by atoms with Gasteiger partial charge in [0.2, 0.25) is 0 Å². The second-order valence-corrected chi connectivity index (χ2v) is 14.3. The number of allylic oxidation sites excluding steroid dienone is 8. The van der Waals surface area contributed by atoms with E-state index in [4.69, 9.17) is 4.74 Å². The normalized spacial score (nSPS) is 12.3. The minimum atomic E-state index is -0.243. The highest BCUT2D eigenvalue weighted by molar-refractivity contribution is 5.67. The molecule has 0 aromatic heterocycles. The summed E-state index contributed by atoms with van der Waals surface area (Å²) in [4.78, 5) is 14.4. The van der Waals surface area contributed by atoms with Crippen molar-refractivity contribution in [3.05, 3.63) is 48.6 Å². The van der Waals surface area contributed by atoms with Crippen molar-refractivity contribution in [2.45, 2.75) is 187 Å². The third-order valence-electron chi connectivity index (χ3n) is 9.14. The van der Waals surface area contributed by atoms with E-state index in [1.807, 2.05) is 14.1 Å². The number of rotatable bonds is 36. The number of amides is 1. The van der Waals surface area contributed by atoms with Gasteiger partial charge in [-0.3, -0.25) is 0 Å². The number of carbonyl (C=O) groups excluding carboxylic acids is 1. The molecule has 0 aromatic rings. The minimum absolute atomic E-state index is 0. The van der Waals surface area contributed by atoms with Crippen LogP contribution in [0.3, 0.4) is 0 Å². The summed E-state index contributed by atoms with van der Waals surface area (Å²) in [6, 6.07) is 0. The Hall–Kier alpha value is -1.81. The lowest BCUT2D eigenvalue weighted by Gasteiger charge is -2.18. The highest BCUT2D eigenvalue weighted by atomic mass is 16.5. The molecule has 0 heterocycles. The summed E-state index contributed by atoms with van der Waals surface area (Å²) in [6.45, 7) is 6.72. The van der Waals surface area contributed by atoms with Crippen molar-refractivity contribution >= 4 is 6.09 Å². The Morgan fingerprint density at radius 2 is 0.958 bits per heavy atom. The molecule has 1 N–H and O–H groups in total. The molecule has 0 rings (SSSR count). The predicted octanol–water partition coefficient (Wildman–Crippen LogP) is 13.9. The first kappa shape index (κ1) is 46.2. The van der Waals surface area contributed by atoms with Crippen molar-refractivity contribution in [2.75, 3.05) is 33.8 Å². The largest absolute Gasteiger partial charge is 0.450 e. The second kappa shape index (κ2) is 39.6. The van der Waals surface area contributed by atoms with Gasteiger partial charge in [-0.25, -0.2) is 4.79 Å². The van der Waals surface area contributed by atoms with Gasteiger partial charge in [0, 0.05) is 14.5 Å². The highest BCUT2D eigenvalue weighted by Crippen LogP contribution is 2.19. The number of ether oxygens (including phenoxy) is 1. The van der Waals surface area contributed by atoms with Crippen LogP contribution in [0.4, 0.5) is 4.79 Å². The van der Waals surface area contributed by atoms with Crippen LogP contribution in [0.2, 0.25) is 0 Å². The third-order valence-corrected chi connectivity index (χ3v) is 9.14. The van der Waals surface area contributed by atoms with Crippen molar-refractivity contribution in [1.82, 2.24) is 10.2 Å². The number of alkyl carbamates (subject to hydrolysis) is 1. The van der Waals surface area contributed by atoms with Crippen LogP contribution < -0.4 is 5.32 Å². The molecule has 0 spiro atoms. The smallest absolute Gasteiger partial charge is 0.407 e. The summed E-state index contributed by atoms with van der Waals surface area (Å²) in [5.41, 5.74) is 0. The summed E-state index contributed by atoms with van der Waals surface area (Å²) in [5.74, 6) is 0.566. The van der Waals surface area contributed by atoms with E-state index in [1.54, 1.807) is 0 Å². The van der Waals surface area contributed by atoms with Crippen molar-refractivity contribution < 1.29 is 11.0 Å². The maximum atomic E-state index is 12.3. The first-order valence-corrected chi connectivity index (χ1v) is 20.7. The third kappa shape index (κ3) is 38.6. The van der Waals surface area contributed by atoms with Crippen LogP contribution in [-0.2, 0) is 4.74 Å². The van der Waals surface area contributed by atoms with Gasteiger partial charge in [0.1, 0.15) is 0 Å². The fraction of sp³-hybridized carbons (Fsp3) is 0.795. The molecule has 1 amide bonds. The van der Waals surface area contributed by atoms with E-state index in [2.05, 4.69) is 72.7 Å². The SMILES string of the molecule is CCCCC/C=C\C/C=C\CCCCCCCCC(CCCCCCCC/C=C\C/C=C\CCCCC)CNC(=O)OCCCN(C)C.[HH]. The molecule has 48 heavy (non-hydrogen) atoms. The molecule has 0 bridgehead atoms. The van der Waals surface area contributed by atoms with Crippen LogP contribution in [0, 0.1) is 5.92 Å². The Morgan fingerprint density at radius 3 is 1.38 bits per heavy atom. The van der Waals surface area contributed by atoms with E-state index in [9.17, 15) is 4.79 Å². The van der Waals surface area contributed by atoms with E-state index in [-0.39, 0.29) is 7.52 Å². The van der Waals surface area contributed by atoms with E-state index >= 15 is 0 Å². The Labute approximate surface area is 302 Å². The van der Waals surface area contributed by atoms with Crippen LogP contribution in [0.15, 0.2) is 48.6 Å². The molecule has 0 atom stereocenters. The minimum Gasteiger partial charge on any atom is -0.450 e. The summed E-state index contributed by atoms with van der Waals surface area (Å²) in [6.07, 6.45) is 52.7. The van der Waals surface area contributed by atoms with Crippen LogP contribution in [0.5, 0.6) is 0 Å². The lowest BCUT2D eigenvalue weighted by atomic mass is 9.94. The molecule has 0 radical (unpaired) electrons. The molecule has 0 aliphatic heterocycles. The molecule has 0 saturated heterocycles. The molecule has 0 aliphatic rings. The van der Waals surface area contributed by atoms with Gasteiger partial charge < -0.3 is 15.0 Å². The standard InChI is InChI=1S/C44H82N2O2.H2/c1-5-7-9-11-13-15-17-19-21-23-25-27-29-31-33-35-38-43(42-45-44(47)48-41-37-40-46(3)4)39-36-34-32-30-28-26-24-22-20-18-16-14-12-10-8-6-2;/h13-16,19-22,43H,5-12,17-18,23-42H2,1-4H3,(H,45,47);1H/b15-13-,16-14-,21-19-,22-20-;. The molecule has 0 aliphatic carbocycles. The highest BCUT2D eigenvalue weighted by Gasteiger charge is 2.11. The lowest BCUT2D eigenvalue weighted by Crippen LogP contribution is -2.30. The summed E-state index contributed by atoms with van der Waals surface area (Å²) in [7, 11) is 4.10. The van der Waals surface area contributed by atoms with Crippen molar-refractivity contribution in [1.29, 1.82) is 0 Å². The average Bonchev–Trinajstić information content (AvgIpc) is 3.08.